The Balaban J connectivity index is 1.95. The smallest absolute Gasteiger partial charge is 0.254 e. The minimum atomic E-state index is -3.71. The molecule has 0 saturated carbocycles. The molecular weight excluding hydrogens is 478 g/mol. The van der Waals surface area contributed by atoms with Gasteiger partial charge in [0.2, 0.25) is 15.0 Å². The Morgan fingerprint density at radius 1 is 1.08 bits per heavy atom. The quantitative estimate of drug-likeness (QED) is 0.362. The van der Waals surface area contributed by atoms with Gasteiger partial charge < -0.3 is 18.9 Å². The summed E-state index contributed by atoms with van der Waals surface area (Å²) in [5.41, 5.74) is 2.83. The SMILES string of the molecule is COCCN(Cc1cnc(S(=O)(=O)Cc2ccccc2C)n1CC(C)C)C(=O)c1ccc(OC)cc1. The number of hydrogen-bond donors (Lipinski definition) is 0. The minimum Gasteiger partial charge on any atom is -0.497 e. The molecule has 3 rings (SSSR count). The molecule has 0 spiro atoms. The fourth-order valence-electron chi connectivity index (χ4n) is 3.93. The number of aromatic nitrogens is 2. The number of imidazole rings is 1. The highest BCUT2D eigenvalue weighted by Crippen LogP contribution is 2.22. The van der Waals surface area contributed by atoms with Crippen LogP contribution >= 0.6 is 0 Å². The molecule has 0 aliphatic carbocycles. The molecule has 2 aromatic carbocycles. The number of carbonyl (C=O) groups is 1. The summed E-state index contributed by atoms with van der Waals surface area (Å²) in [6, 6.07) is 14.3. The third kappa shape index (κ3) is 6.73. The van der Waals surface area contributed by atoms with Crippen LogP contribution in [0, 0.1) is 12.8 Å². The van der Waals surface area contributed by atoms with E-state index in [1.165, 1.54) is 0 Å². The summed E-state index contributed by atoms with van der Waals surface area (Å²) in [7, 11) is -0.564. The number of ether oxygens (including phenoxy) is 2. The molecule has 1 amide bonds. The van der Waals surface area contributed by atoms with Crippen molar-refractivity contribution in [3.05, 3.63) is 77.1 Å². The van der Waals surface area contributed by atoms with E-state index in [2.05, 4.69) is 4.98 Å². The lowest BCUT2D eigenvalue weighted by Gasteiger charge is -2.24. The van der Waals surface area contributed by atoms with Crippen LogP contribution < -0.4 is 4.74 Å². The Labute approximate surface area is 213 Å². The van der Waals surface area contributed by atoms with Crippen molar-refractivity contribution in [3.8, 4) is 5.75 Å². The Morgan fingerprint density at radius 2 is 1.78 bits per heavy atom. The van der Waals surface area contributed by atoms with Gasteiger partial charge in [0, 0.05) is 25.8 Å². The van der Waals surface area contributed by atoms with Gasteiger partial charge in [-0.3, -0.25) is 4.79 Å². The van der Waals surface area contributed by atoms with Crippen molar-refractivity contribution in [2.24, 2.45) is 5.92 Å². The number of carbonyl (C=O) groups excluding carboxylic acids is 1. The molecule has 3 aromatic rings. The highest BCUT2D eigenvalue weighted by molar-refractivity contribution is 7.90. The lowest BCUT2D eigenvalue weighted by molar-refractivity contribution is 0.0675. The largest absolute Gasteiger partial charge is 0.497 e. The third-order valence-corrected chi connectivity index (χ3v) is 7.45. The molecule has 0 atom stereocenters. The molecule has 0 saturated heterocycles. The van der Waals surface area contributed by atoms with E-state index in [9.17, 15) is 13.2 Å². The molecule has 0 unspecified atom stereocenters. The van der Waals surface area contributed by atoms with Gasteiger partial charge in [0.25, 0.3) is 5.91 Å². The first kappa shape index (κ1) is 27.4. The highest BCUT2D eigenvalue weighted by Gasteiger charge is 2.27. The fraction of sp³-hybridized carbons (Fsp3) is 0.407. The number of nitrogens with zero attached hydrogens (tertiary/aromatic N) is 3. The molecule has 1 aromatic heterocycles. The molecule has 0 aliphatic heterocycles. The molecule has 0 N–H and O–H groups in total. The summed E-state index contributed by atoms with van der Waals surface area (Å²) < 4.78 is 39.1. The van der Waals surface area contributed by atoms with Crippen molar-refractivity contribution in [3.63, 3.8) is 0 Å². The summed E-state index contributed by atoms with van der Waals surface area (Å²) in [5, 5.41) is 0.0260. The van der Waals surface area contributed by atoms with Crippen LogP contribution in [-0.2, 0) is 33.4 Å². The maximum absolute atomic E-state index is 13.4. The summed E-state index contributed by atoms with van der Waals surface area (Å²) in [6.45, 7) is 7.30. The molecule has 36 heavy (non-hydrogen) atoms. The summed E-state index contributed by atoms with van der Waals surface area (Å²) in [6.07, 6.45) is 1.56. The van der Waals surface area contributed by atoms with Crippen LogP contribution in [0.3, 0.4) is 0 Å². The number of hydrogen-bond acceptors (Lipinski definition) is 6. The van der Waals surface area contributed by atoms with Crippen LogP contribution in [0.5, 0.6) is 5.75 Å². The minimum absolute atomic E-state index is 0.0260. The summed E-state index contributed by atoms with van der Waals surface area (Å²) in [4.78, 5) is 19.3. The van der Waals surface area contributed by atoms with Gasteiger partial charge in [0.05, 0.1) is 37.9 Å². The number of methoxy groups -OCH3 is 2. The van der Waals surface area contributed by atoms with Crippen molar-refractivity contribution in [1.29, 1.82) is 0 Å². The van der Waals surface area contributed by atoms with E-state index >= 15 is 0 Å². The second-order valence-electron chi connectivity index (χ2n) is 9.17. The Morgan fingerprint density at radius 3 is 2.39 bits per heavy atom. The van der Waals surface area contributed by atoms with E-state index < -0.39 is 9.84 Å². The second-order valence-corrected chi connectivity index (χ2v) is 11.1. The number of amides is 1. The average Bonchev–Trinajstić information content (AvgIpc) is 3.25. The van der Waals surface area contributed by atoms with E-state index in [4.69, 9.17) is 9.47 Å². The zero-order valence-corrected chi connectivity index (χ0v) is 22.4. The molecule has 194 valence electrons. The molecule has 0 bridgehead atoms. The van der Waals surface area contributed by atoms with Crippen molar-refractivity contribution < 1.29 is 22.7 Å². The van der Waals surface area contributed by atoms with Gasteiger partial charge in [0.15, 0.2) is 0 Å². The number of rotatable bonds is 12. The van der Waals surface area contributed by atoms with Crippen molar-refractivity contribution >= 4 is 15.7 Å². The molecule has 8 nitrogen and oxygen atoms in total. The predicted octanol–water partition coefficient (Wildman–Crippen LogP) is 4.12. The van der Waals surface area contributed by atoms with Crippen molar-refractivity contribution in [2.75, 3.05) is 27.4 Å². The molecule has 0 fully saturated rings. The zero-order chi connectivity index (χ0) is 26.3. The van der Waals surface area contributed by atoms with Gasteiger partial charge in [-0.25, -0.2) is 13.4 Å². The zero-order valence-electron chi connectivity index (χ0n) is 21.6. The molecule has 0 radical (unpaired) electrons. The predicted molar refractivity (Wildman–Crippen MR) is 139 cm³/mol. The van der Waals surface area contributed by atoms with E-state index in [0.29, 0.717) is 36.7 Å². The monoisotopic (exact) mass is 513 g/mol. The Hall–Kier alpha value is -3.17. The topological polar surface area (TPSA) is 90.7 Å². The van der Waals surface area contributed by atoms with Gasteiger partial charge in [0.1, 0.15) is 5.75 Å². The van der Waals surface area contributed by atoms with Gasteiger partial charge in [-0.05, 0) is 48.2 Å². The van der Waals surface area contributed by atoms with E-state index in [1.54, 1.807) is 54.1 Å². The second kappa shape index (κ2) is 12.2. The molecule has 1 heterocycles. The van der Waals surface area contributed by atoms with Crippen LogP contribution in [0.15, 0.2) is 59.9 Å². The van der Waals surface area contributed by atoms with Crippen molar-refractivity contribution in [2.45, 2.75) is 44.8 Å². The van der Waals surface area contributed by atoms with Crippen LogP contribution in [0.2, 0.25) is 0 Å². The maximum atomic E-state index is 13.4. The van der Waals surface area contributed by atoms with Gasteiger partial charge in [-0.1, -0.05) is 38.1 Å². The van der Waals surface area contributed by atoms with Gasteiger partial charge in [-0.2, -0.15) is 0 Å². The Kier molecular flexibility index (Phi) is 9.28. The van der Waals surface area contributed by atoms with Crippen molar-refractivity contribution in [1.82, 2.24) is 14.5 Å². The normalized spacial score (nSPS) is 11.6. The highest BCUT2D eigenvalue weighted by atomic mass is 32.2. The maximum Gasteiger partial charge on any atom is 0.254 e. The number of sulfone groups is 1. The van der Waals surface area contributed by atoms with E-state index in [1.807, 2.05) is 45.0 Å². The van der Waals surface area contributed by atoms with Crippen LogP contribution in [-0.4, -0.2) is 56.1 Å². The fourth-order valence-corrected chi connectivity index (χ4v) is 5.54. The van der Waals surface area contributed by atoms with E-state index in [0.717, 1.165) is 11.1 Å². The first-order valence-corrected chi connectivity index (χ1v) is 13.6. The summed E-state index contributed by atoms with van der Waals surface area (Å²) in [5.74, 6) is 0.520. The van der Waals surface area contributed by atoms with Crippen LogP contribution in [0.25, 0.3) is 0 Å². The van der Waals surface area contributed by atoms with Crippen LogP contribution in [0.4, 0.5) is 0 Å². The van der Waals surface area contributed by atoms with Gasteiger partial charge in [-0.15, -0.1) is 0 Å². The third-order valence-electron chi connectivity index (χ3n) is 5.88. The summed E-state index contributed by atoms with van der Waals surface area (Å²) >= 11 is 0. The van der Waals surface area contributed by atoms with E-state index in [-0.39, 0.29) is 29.3 Å². The number of aryl methyl sites for hydroxylation is 1. The number of benzene rings is 2. The van der Waals surface area contributed by atoms with Gasteiger partial charge >= 0.3 is 0 Å². The Bertz CT molecular complexity index is 1270. The molecule has 9 heteroatoms. The molecular formula is C27H35N3O5S. The first-order valence-electron chi connectivity index (χ1n) is 11.9. The average molecular weight is 514 g/mol. The standard InChI is InChI=1S/C27H35N3O5S/c1-20(2)17-30-24(16-28-27(30)36(32,33)19-23-9-7-6-8-21(23)3)18-29(14-15-34-4)26(31)22-10-12-25(35-5)13-11-22/h6-13,16,20H,14-15,17-19H2,1-5H3. The lowest BCUT2D eigenvalue weighted by Crippen LogP contribution is -2.34. The van der Waals surface area contributed by atoms with Crippen LogP contribution in [0.1, 0.15) is 41.0 Å². The lowest BCUT2D eigenvalue weighted by atomic mass is 10.1. The molecule has 0 aliphatic rings. The first-order chi connectivity index (χ1) is 17.2.